The largest absolute Gasteiger partial charge is 0.496 e. The number of fused-ring (bicyclic) bond motifs is 1. The minimum Gasteiger partial charge on any atom is -0.496 e. The van der Waals surface area contributed by atoms with E-state index in [1.54, 1.807) is 43.0 Å². The third kappa shape index (κ3) is 4.11. The Bertz CT molecular complexity index is 1460. The maximum Gasteiger partial charge on any atom is 0.126 e. The lowest BCUT2D eigenvalue weighted by Gasteiger charge is -2.10. The van der Waals surface area contributed by atoms with E-state index in [9.17, 15) is 0 Å². The van der Waals surface area contributed by atoms with E-state index in [2.05, 4.69) is 63.2 Å². The second kappa shape index (κ2) is 9.31. The number of methoxy groups -OCH3 is 2. The molecule has 3 aromatic heterocycles. The van der Waals surface area contributed by atoms with E-state index >= 15 is 0 Å². The molecule has 164 valence electrons. The van der Waals surface area contributed by atoms with Crippen molar-refractivity contribution in [1.29, 1.82) is 0 Å². The highest BCUT2D eigenvalue weighted by molar-refractivity contribution is 7.16. The van der Waals surface area contributed by atoms with Gasteiger partial charge in [0.2, 0.25) is 0 Å². The Morgan fingerprint density at radius 2 is 1.52 bits per heavy atom. The van der Waals surface area contributed by atoms with E-state index in [0.29, 0.717) is 0 Å². The fraction of sp³-hybridized carbons (Fsp3) is 0.0769. The molecule has 0 saturated heterocycles. The van der Waals surface area contributed by atoms with Gasteiger partial charge in [0, 0.05) is 36.9 Å². The third-order valence-electron chi connectivity index (χ3n) is 5.32. The number of aromatic nitrogens is 2. The number of benzene rings is 2. The minimum atomic E-state index is 0.765. The summed E-state index contributed by atoms with van der Waals surface area (Å²) in [4.78, 5) is 3.51. The number of nitrogens with zero attached hydrogens (tertiary/aromatic N) is 2. The Morgan fingerprint density at radius 1 is 0.818 bits per heavy atom. The van der Waals surface area contributed by atoms with Gasteiger partial charge in [-0.1, -0.05) is 30.9 Å². The fourth-order valence-corrected chi connectivity index (χ4v) is 5.95. The topological polar surface area (TPSA) is 44.2 Å². The van der Waals surface area contributed by atoms with Crippen molar-refractivity contribution in [1.82, 2.24) is 8.75 Å². The van der Waals surface area contributed by atoms with Crippen LogP contribution in [0.5, 0.6) is 11.5 Å². The molecule has 5 aromatic rings. The molecule has 5 rings (SSSR count). The molecule has 0 atom stereocenters. The van der Waals surface area contributed by atoms with E-state index in [-0.39, 0.29) is 0 Å². The zero-order valence-electron chi connectivity index (χ0n) is 18.1. The number of hydrogen-bond donors (Lipinski definition) is 0. The summed E-state index contributed by atoms with van der Waals surface area (Å²) in [6.45, 7) is 3.85. The lowest BCUT2D eigenvalue weighted by molar-refractivity contribution is 0.401. The average molecular weight is 489 g/mol. The van der Waals surface area contributed by atoms with E-state index in [1.807, 2.05) is 18.2 Å². The summed E-state index contributed by atoms with van der Waals surface area (Å²) in [5.74, 6) is 1.54. The molecule has 7 heteroatoms. The standard InChI is InChI=1S/C26H20N2O2S3/c1-4-16-14-22(30-3)17(15-21(16)29-2)7-8-18-9-12-24(32-18)20-11-10-19(23-6-5-13-31-23)25-26(20)28-33-27-25/h4-15H,1H2,2-3H3/b8-7+. The molecule has 0 aliphatic carbocycles. The Labute approximate surface area is 204 Å². The van der Waals surface area contributed by atoms with Crippen LogP contribution in [0.1, 0.15) is 16.0 Å². The van der Waals surface area contributed by atoms with E-state index in [1.165, 1.54) is 16.6 Å². The molecule has 4 nitrogen and oxygen atoms in total. The summed E-state index contributed by atoms with van der Waals surface area (Å²) in [6.07, 6.45) is 5.90. The molecule has 0 spiro atoms. The molecule has 33 heavy (non-hydrogen) atoms. The van der Waals surface area contributed by atoms with Gasteiger partial charge in [0.05, 0.1) is 25.9 Å². The number of ether oxygens (including phenoxy) is 2. The monoisotopic (exact) mass is 488 g/mol. The van der Waals surface area contributed by atoms with Crippen LogP contribution in [0, 0.1) is 0 Å². The molecule has 0 fully saturated rings. The molecule has 0 aliphatic heterocycles. The number of rotatable bonds is 7. The normalized spacial score (nSPS) is 11.3. The molecule has 0 aliphatic rings. The molecule has 0 radical (unpaired) electrons. The quantitative estimate of drug-likeness (QED) is 0.233. The molecule has 0 amide bonds. The molecule has 0 bridgehead atoms. The van der Waals surface area contributed by atoms with Crippen LogP contribution in [0.3, 0.4) is 0 Å². The van der Waals surface area contributed by atoms with Crippen molar-refractivity contribution in [3.63, 3.8) is 0 Å². The Hall–Kier alpha value is -3.26. The molecule has 2 aromatic carbocycles. The van der Waals surface area contributed by atoms with Gasteiger partial charge in [0.15, 0.2) is 0 Å². The van der Waals surface area contributed by atoms with E-state index in [0.717, 1.165) is 54.5 Å². The smallest absolute Gasteiger partial charge is 0.126 e. The van der Waals surface area contributed by atoms with Gasteiger partial charge in [-0.25, -0.2) is 0 Å². The number of thiophene rings is 2. The molecular formula is C26H20N2O2S3. The van der Waals surface area contributed by atoms with E-state index in [4.69, 9.17) is 9.47 Å². The summed E-state index contributed by atoms with van der Waals surface area (Å²) < 4.78 is 20.3. The van der Waals surface area contributed by atoms with Crippen LogP contribution in [0.4, 0.5) is 0 Å². The van der Waals surface area contributed by atoms with Gasteiger partial charge in [0.25, 0.3) is 0 Å². The van der Waals surface area contributed by atoms with Crippen LogP contribution in [-0.4, -0.2) is 23.0 Å². The van der Waals surface area contributed by atoms with Gasteiger partial charge in [-0.15, -0.1) is 22.7 Å². The van der Waals surface area contributed by atoms with E-state index < -0.39 is 0 Å². The second-order valence-electron chi connectivity index (χ2n) is 7.18. The maximum absolute atomic E-state index is 5.57. The van der Waals surface area contributed by atoms with Crippen LogP contribution >= 0.6 is 34.4 Å². The molecule has 3 heterocycles. The van der Waals surface area contributed by atoms with Crippen LogP contribution in [-0.2, 0) is 0 Å². The summed E-state index contributed by atoms with van der Waals surface area (Å²) in [5.41, 5.74) is 6.01. The summed E-state index contributed by atoms with van der Waals surface area (Å²) >= 11 is 4.70. The SMILES string of the molecule is C=Cc1cc(OC)c(/C=C/c2ccc(-c3ccc(-c4cccs4)c4nsnc34)s2)cc1OC. The van der Waals surface area contributed by atoms with Crippen LogP contribution in [0.2, 0.25) is 0 Å². The van der Waals surface area contributed by atoms with Crippen molar-refractivity contribution in [2.75, 3.05) is 14.2 Å². The van der Waals surface area contributed by atoms with Crippen molar-refractivity contribution in [3.05, 3.63) is 76.5 Å². The average Bonchev–Trinajstić information content (AvgIpc) is 3.63. The Balaban J connectivity index is 1.48. The zero-order valence-corrected chi connectivity index (χ0v) is 20.5. The number of hydrogen-bond acceptors (Lipinski definition) is 7. The first-order chi connectivity index (χ1) is 16.2. The van der Waals surface area contributed by atoms with Crippen molar-refractivity contribution in [2.45, 2.75) is 0 Å². The lowest BCUT2D eigenvalue weighted by Crippen LogP contribution is -1.92. The minimum absolute atomic E-state index is 0.765. The highest BCUT2D eigenvalue weighted by atomic mass is 32.1. The van der Waals surface area contributed by atoms with Crippen molar-refractivity contribution in [3.8, 4) is 32.4 Å². The second-order valence-corrected chi connectivity index (χ2v) is 9.77. The lowest BCUT2D eigenvalue weighted by atomic mass is 10.1. The van der Waals surface area contributed by atoms with Crippen LogP contribution in [0.25, 0.3) is 50.1 Å². The van der Waals surface area contributed by atoms with Crippen molar-refractivity contribution in [2.24, 2.45) is 0 Å². The third-order valence-corrected chi connectivity index (χ3v) is 7.84. The van der Waals surface area contributed by atoms with Gasteiger partial charge in [-0.3, -0.25) is 0 Å². The first kappa shape index (κ1) is 21.6. The van der Waals surface area contributed by atoms with Crippen molar-refractivity contribution < 1.29 is 9.47 Å². The predicted molar refractivity (Wildman–Crippen MR) is 143 cm³/mol. The summed E-state index contributed by atoms with van der Waals surface area (Å²) in [7, 11) is 3.33. The molecule has 0 unspecified atom stereocenters. The van der Waals surface area contributed by atoms with Gasteiger partial charge in [-0.05, 0) is 47.9 Å². The highest BCUT2D eigenvalue weighted by Gasteiger charge is 2.15. The fourth-order valence-electron chi connectivity index (χ4n) is 3.69. The summed E-state index contributed by atoms with van der Waals surface area (Å²) in [6, 6.07) is 16.7. The predicted octanol–water partition coefficient (Wildman–Crippen LogP) is 7.98. The van der Waals surface area contributed by atoms with Crippen molar-refractivity contribution >= 4 is 63.7 Å². The molecule has 0 saturated carbocycles. The molecule has 0 N–H and O–H groups in total. The van der Waals surface area contributed by atoms with Crippen LogP contribution in [0.15, 0.2) is 60.5 Å². The highest BCUT2D eigenvalue weighted by Crippen LogP contribution is 2.39. The Morgan fingerprint density at radius 3 is 2.18 bits per heavy atom. The van der Waals surface area contributed by atoms with Gasteiger partial charge >= 0.3 is 0 Å². The van der Waals surface area contributed by atoms with Gasteiger partial charge in [0.1, 0.15) is 22.5 Å². The van der Waals surface area contributed by atoms with Gasteiger partial charge < -0.3 is 9.47 Å². The Kier molecular flexibility index (Phi) is 6.09. The maximum atomic E-state index is 5.57. The molecular weight excluding hydrogens is 468 g/mol. The first-order valence-corrected chi connectivity index (χ1v) is 12.6. The van der Waals surface area contributed by atoms with Gasteiger partial charge in [-0.2, -0.15) is 8.75 Å². The zero-order chi connectivity index (χ0) is 22.8. The first-order valence-electron chi connectivity index (χ1n) is 10.2. The summed E-state index contributed by atoms with van der Waals surface area (Å²) in [5, 5.41) is 2.09. The van der Waals surface area contributed by atoms with Crippen LogP contribution < -0.4 is 9.47 Å².